The lowest BCUT2D eigenvalue weighted by Gasteiger charge is -1.98. The number of carboxylic acids is 2. The van der Waals surface area contributed by atoms with Crippen molar-refractivity contribution >= 4 is 11.9 Å². The van der Waals surface area contributed by atoms with Gasteiger partial charge in [0.2, 0.25) is 0 Å². The molecule has 0 bridgehead atoms. The van der Waals surface area contributed by atoms with E-state index in [0.717, 1.165) is 44.9 Å². The summed E-state index contributed by atoms with van der Waals surface area (Å²) >= 11 is 0. The zero-order chi connectivity index (χ0) is 12.2. The molecule has 0 saturated carbocycles. The van der Waals surface area contributed by atoms with Gasteiger partial charge in [-0.05, 0) is 19.3 Å². The summed E-state index contributed by atoms with van der Waals surface area (Å²) in [6, 6.07) is 0. The van der Waals surface area contributed by atoms with Crippen molar-refractivity contribution < 1.29 is 19.8 Å². The van der Waals surface area contributed by atoms with Crippen LogP contribution in [-0.2, 0) is 9.59 Å². The Morgan fingerprint density at radius 2 is 1.44 bits per heavy atom. The van der Waals surface area contributed by atoms with Gasteiger partial charge >= 0.3 is 11.9 Å². The molecular formula is C12H20O4. The summed E-state index contributed by atoms with van der Waals surface area (Å²) < 4.78 is 0. The van der Waals surface area contributed by atoms with Gasteiger partial charge in [0.15, 0.2) is 0 Å². The fraction of sp³-hybridized carbons (Fsp3) is 0.667. The van der Waals surface area contributed by atoms with Crippen molar-refractivity contribution in [3.05, 3.63) is 12.2 Å². The van der Waals surface area contributed by atoms with E-state index in [2.05, 4.69) is 0 Å². The van der Waals surface area contributed by atoms with Gasteiger partial charge < -0.3 is 10.2 Å². The summed E-state index contributed by atoms with van der Waals surface area (Å²) in [7, 11) is 0. The Labute approximate surface area is 96.0 Å². The van der Waals surface area contributed by atoms with E-state index in [9.17, 15) is 9.59 Å². The number of carboxylic acid groups (broad SMARTS) is 2. The Morgan fingerprint density at radius 1 is 0.875 bits per heavy atom. The molecule has 16 heavy (non-hydrogen) atoms. The van der Waals surface area contributed by atoms with E-state index in [4.69, 9.17) is 10.2 Å². The highest BCUT2D eigenvalue weighted by molar-refractivity contribution is 5.79. The van der Waals surface area contributed by atoms with Gasteiger partial charge in [0.05, 0.1) is 0 Å². The predicted molar refractivity (Wildman–Crippen MR) is 61.3 cm³/mol. The third-order valence-corrected chi connectivity index (χ3v) is 2.27. The Bertz CT molecular complexity index is 233. The molecule has 0 aliphatic rings. The summed E-state index contributed by atoms with van der Waals surface area (Å²) in [6.45, 7) is 0. The molecule has 2 N–H and O–H groups in total. The maximum absolute atomic E-state index is 10.2. The smallest absolute Gasteiger partial charge is 0.327 e. The van der Waals surface area contributed by atoms with Gasteiger partial charge in [0.25, 0.3) is 0 Å². The largest absolute Gasteiger partial charge is 0.481 e. The van der Waals surface area contributed by atoms with Gasteiger partial charge in [0, 0.05) is 12.5 Å². The molecule has 92 valence electrons. The minimum Gasteiger partial charge on any atom is -0.481 e. The lowest BCUT2D eigenvalue weighted by Crippen LogP contribution is -1.93. The van der Waals surface area contributed by atoms with Crippen LogP contribution in [0.1, 0.15) is 51.4 Å². The van der Waals surface area contributed by atoms with Crippen LogP contribution in [0.25, 0.3) is 0 Å². The summed E-state index contributed by atoms with van der Waals surface area (Å²) in [4.78, 5) is 20.3. The van der Waals surface area contributed by atoms with Crippen molar-refractivity contribution in [3.63, 3.8) is 0 Å². The van der Waals surface area contributed by atoms with Crippen LogP contribution in [0.3, 0.4) is 0 Å². The summed E-state index contributed by atoms with van der Waals surface area (Å²) in [5, 5.41) is 16.7. The number of hydrogen-bond acceptors (Lipinski definition) is 2. The fourth-order valence-electron chi connectivity index (χ4n) is 1.43. The molecule has 0 radical (unpaired) electrons. The molecule has 0 atom stereocenters. The molecule has 4 nitrogen and oxygen atoms in total. The van der Waals surface area contributed by atoms with Gasteiger partial charge in [-0.25, -0.2) is 4.79 Å². The maximum Gasteiger partial charge on any atom is 0.327 e. The van der Waals surface area contributed by atoms with E-state index in [0.29, 0.717) is 0 Å². The quantitative estimate of drug-likeness (QED) is 0.445. The summed E-state index contributed by atoms with van der Waals surface area (Å²) in [5.41, 5.74) is 0. The van der Waals surface area contributed by atoms with E-state index >= 15 is 0 Å². The topological polar surface area (TPSA) is 74.6 Å². The molecule has 0 aliphatic heterocycles. The molecule has 0 heterocycles. The highest BCUT2D eigenvalue weighted by Gasteiger charge is 1.96. The third kappa shape index (κ3) is 12.7. The van der Waals surface area contributed by atoms with Crippen molar-refractivity contribution in [2.24, 2.45) is 0 Å². The normalized spacial score (nSPS) is 10.8. The standard InChI is InChI=1S/C12H20O4/c13-11(14)9-7-5-3-1-2-4-6-8-10-12(15)16/h7,9H,1-6,8,10H2,(H,13,14)(H,15,16)/b9-7-. The van der Waals surface area contributed by atoms with Crippen molar-refractivity contribution in [2.45, 2.75) is 51.4 Å². The van der Waals surface area contributed by atoms with E-state index in [1.807, 2.05) is 0 Å². The second-order valence-corrected chi connectivity index (χ2v) is 3.79. The SMILES string of the molecule is O=C(O)/C=C\CCCCCCCCC(=O)O. The predicted octanol–water partition coefficient (Wildman–Crippen LogP) is 2.83. The van der Waals surface area contributed by atoms with Crippen molar-refractivity contribution in [1.82, 2.24) is 0 Å². The van der Waals surface area contributed by atoms with Gasteiger partial charge in [0.1, 0.15) is 0 Å². The average Bonchev–Trinajstić information content (AvgIpc) is 2.20. The van der Waals surface area contributed by atoms with Crippen LogP contribution in [0.15, 0.2) is 12.2 Å². The van der Waals surface area contributed by atoms with Crippen LogP contribution in [0.5, 0.6) is 0 Å². The highest BCUT2D eigenvalue weighted by atomic mass is 16.4. The molecular weight excluding hydrogens is 208 g/mol. The first-order valence-corrected chi connectivity index (χ1v) is 5.74. The Kier molecular flexibility index (Phi) is 9.36. The molecule has 0 spiro atoms. The Hall–Kier alpha value is -1.32. The Morgan fingerprint density at radius 3 is 2.00 bits per heavy atom. The molecule has 0 aromatic rings. The zero-order valence-corrected chi connectivity index (χ0v) is 9.52. The van der Waals surface area contributed by atoms with Crippen molar-refractivity contribution in [2.75, 3.05) is 0 Å². The van der Waals surface area contributed by atoms with Crippen LogP contribution in [0.2, 0.25) is 0 Å². The molecule has 0 aromatic heterocycles. The zero-order valence-electron chi connectivity index (χ0n) is 9.52. The minimum absolute atomic E-state index is 0.265. The third-order valence-electron chi connectivity index (χ3n) is 2.27. The first kappa shape index (κ1) is 14.7. The molecule has 0 aliphatic carbocycles. The van der Waals surface area contributed by atoms with E-state index in [1.165, 1.54) is 6.08 Å². The maximum atomic E-state index is 10.2. The van der Waals surface area contributed by atoms with E-state index < -0.39 is 11.9 Å². The average molecular weight is 228 g/mol. The number of allylic oxidation sites excluding steroid dienone is 1. The monoisotopic (exact) mass is 228 g/mol. The molecule has 0 saturated heterocycles. The van der Waals surface area contributed by atoms with Crippen LogP contribution in [0.4, 0.5) is 0 Å². The molecule has 0 unspecified atom stereocenters. The molecule has 0 amide bonds. The lowest BCUT2D eigenvalue weighted by molar-refractivity contribution is -0.137. The highest BCUT2D eigenvalue weighted by Crippen LogP contribution is 2.08. The summed E-state index contributed by atoms with van der Waals surface area (Å²) in [5.74, 6) is -1.62. The van der Waals surface area contributed by atoms with Gasteiger partial charge in [-0.15, -0.1) is 0 Å². The van der Waals surface area contributed by atoms with Gasteiger partial charge in [-0.1, -0.05) is 31.8 Å². The lowest BCUT2D eigenvalue weighted by atomic mass is 10.1. The van der Waals surface area contributed by atoms with E-state index in [-0.39, 0.29) is 6.42 Å². The first-order chi connectivity index (χ1) is 7.63. The van der Waals surface area contributed by atoms with E-state index in [1.54, 1.807) is 6.08 Å². The van der Waals surface area contributed by atoms with Crippen LogP contribution in [0, 0.1) is 0 Å². The minimum atomic E-state index is -0.895. The molecule has 4 heteroatoms. The molecule has 0 aromatic carbocycles. The number of unbranched alkanes of at least 4 members (excludes halogenated alkanes) is 6. The second-order valence-electron chi connectivity index (χ2n) is 3.79. The molecule has 0 rings (SSSR count). The molecule has 0 fully saturated rings. The fourth-order valence-corrected chi connectivity index (χ4v) is 1.43. The van der Waals surface area contributed by atoms with Crippen LogP contribution >= 0.6 is 0 Å². The Balaban J connectivity index is 3.10. The van der Waals surface area contributed by atoms with Gasteiger partial charge in [-0.3, -0.25) is 4.79 Å². The second kappa shape index (κ2) is 10.2. The first-order valence-electron chi connectivity index (χ1n) is 5.74. The van der Waals surface area contributed by atoms with Crippen LogP contribution in [-0.4, -0.2) is 22.2 Å². The van der Waals surface area contributed by atoms with Crippen LogP contribution < -0.4 is 0 Å². The number of hydrogen-bond donors (Lipinski definition) is 2. The summed E-state index contributed by atoms with van der Waals surface area (Å²) in [6.07, 6.45) is 9.89. The number of rotatable bonds is 10. The van der Waals surface area contributed by atoms with Crippen molar-refractivity contribution in [3.8, 4) is 0 Å². The van der Waals surface area contributed by atoms with Crippen molar-refractivity contribution in [1.29, 1.82) is 0 Å². The number of aliphatic carboxylic acids is 2. The number of carbonyl (C=O) groups is 2. The van der Waals surface area contributed by atoms with Gasteiger partial charge in [-0.2, -0.15) is 0 Å².